The molecular weight excluding hydrogens is 592 g/mol. The predicted molar refractivity (Wildman–Crippen MR) is 161 cm³/mol. The van der Waals surface area contributed by atoms with Gasteiger partial charge in [-0.1, -0.05) is 53.8 Å². The molecule has 0 aliphatic carbocycles. The first kappa shape index (κ1) is 29.8. The summed E-state index contributed by atoms with van der Waals surface area (Å²) in [6.07, 6.45) is 1.55. The van der Waals surface area contributed by atoms with Crippen LogP contribution in [0.1, 0.15) is 31.0 Å². The Morgan fingerprint density at radius 2 is 1.67 bits per heavy atom. The van der Waals surface area contributed by atoms with Crippen molar-refractivity contribution in [2.75, 3.05) is 20.8 Å². The van der Waals surface area contributed by atoms with Crippen LogP contribution < -0.4 is 28.5 Å². The number of thiazole rings is 1. The summed E-state index contributed by atoms with van der Waals surface area (Å²) in [4.78, 5) is 32.2. The molecule has 1 unspecified atom stereocenters. The summed E-state index contributed by atoms with van der Waals surface area (Å²) in [6, 6.07) is 18.6. The van der Waals surface area contributed by atoms with E-state index in [-0.39, 0.29) is 27.4 Å². The molecule has 0 fully saturated rings. The van der Waals surface area contributed by atoms with E-state index in [1.807, 2.05) is 0 Å². The van der Waals surface area contributed by atoms with Gasteiger partial charge in [0.25, 0.3) is 5.56 Å². The third-order valence-electron chi connectivity index (χ3n) is 6.68. The van der Waals surface area contributed by atoms with E-state index in [2.05, 4.69) is 4.99 Å². The number of fused-ring (bicyclic) bond motifs is 1. The van der Waals surface area contributed by atoms with Crippen LogP contribution in [-0.2, 0) is 19.6 Å². The third-order valence-corrected chi connectivity index (χ3v) is 8.91. The summed E-state index contributed by atoms with van der Waals surface area (Å²) >= 11 is 1.11. The number of methoxy groups -OCH3 is 2. The Morgan fingerprint density at radius 3 is 2.37 bits per heavy atom. The lowest BCUT2D eigenvalue weighted by Gasteiger charge is -2.25. The van der Waals surface area contributed by atoms with Crippen molar-refractivity contribution < 1.29 is 31.6 Å². The molecule has 0 saturated heterocycles. The van der Waals surface area contributed by atoms with Gasteiger partial charge in [-0.3, -0.25) is 9.36 Å². The molecule has 1 aromatic heterocycles. The number of nitrogens with zero attached hydrogens (tertiary/aromatic N) is 2. The van der Waals surface area contributed by atoms with Gasteiger partial charge in [0.1, 0.15) is 10.6 Å². The number of esters is 1. The van der Waals surface area contributed by atoms with Crippen LogP contribution in [0.15, 0.2) is 98.7 Å². The molecule has 1 aliphatic heterocycles. The SMILES string of the molecule is CCOC(=O)C1=C(C)N=c2sc(=Cc3ccccc3OS(=O)(=O)c3ccccc3)c(=O)n2C1c1ccc(OC)c(OC)c1. The quantitative estimate of drug-likeness (QED) is 0.206. The zero-order valence-corrected chi connectivity index (χ0v) is 25.4. The number of hydrogen-bond acceptors (Lipinski definition) is 10. The van der Waals surface area contributed by atoms with Crippen molar-refractivity contribution >= 4 is 33.5 Å². The maximum atomic E-state index is 14.0. The maximum Gasteiger partial charge on any atom is 0.339 e. The molecule has 2 heterocycles. The number of rotatable bonds is 9. The minimum Gasteiger partial charge on any atom is -0.493 e. The number of aromatic nitrogens is 1. The summed E-state index contributed by atoms with van der Waals surface area (Å²) in [5.41, 5.74) is 1.14. The van der Waals surface area contributed by atoms with Gasteiger partial charge in [0.15, 0.2) is 16.3 Å². The zero-order chi connectivity index (χ0) is 30.7. The van der Waals surface area contributed by atoms with Crippen LogP contribution in [-0.4, -0.2) is 39.8 Å². The lowest BCUT2D eigenvalue weighted by atomic mass is 9.95. The molecule has 0 bridgehead atoms. The molecule has 1 atom stereocenters. The van der Waals surface area contributed by atoms with Crippen molar-refractivity contribution in [3.8, 4) is 17.2 Å². The van der Waals surface area contributed by atoms with Crippen LogP contribution in [0.2, 0.25) is 0 Å². The fourth-order valence-corrected chi connectivity index (χ4v) is 6.71. The summed E-state index contributed by atoms with van der Waals surface area (Å²) in [5.74, 6) is 0.365. The van der Waals surface area contributed by atoms with Gasteiger partial charge in [-0.15, -0.1) is 0 Å². The number of benzene rings is 3. The number of ether oxygens (including phenoxy) is 3. The number of para-hydroxylation sites is 1. The fourth-order valence-electron chi connectivity index (χ4n) is 4.70. The number of allylic oxidation sites excluding steroid dienone is 1. The molecule has 43 heavy (non-hydrogen) atoms. The molecule has 0 amide bonds. The Bertz CT molecular complexity index is 2010. The lowest BCUT2D eigenvalue weighted by Crippen LogP contribution is -2.40. The average Bonchev–Trinajstić information content (AvgIpc) is 3.31. The fraction of sp³-hybridized carbons (Fsp3) is 0.194. The lowest BCUT2D eigenvalue weighted by molar-refractivity contribution is -0.139. The first-order valence-electron chi connectivity index (χ1n) is 13.2. The Balaban J connectivity index is 1.67. The Kier molecular flexibility index (Phi) is 8.51. The second kappa shape index (κ2) is 12.3. The van der Waals surface area contributed by atoms with Gasteiger partial charge in [-0.25, -0.2) is 9.79 Å². The summed E-state index contributed by atoms with van der Waals surface area (Å²) in [6.45, 7) is 3.53. The molecule has 1 aliphatic rings. The molecule has 12 heteroatoms. The van der Waals surface area contributed by atoms with Crippen LogP contribution in [0.3, 0.4) is 0 Å². The molecule has 0 saturated carbocycles. The molecule has 3 aromatic carbocycles. The highest BCUT2D eigenvalue weighted by atomic mass is 32.2. The summed E-state index contributed by atoms with van der Waals surface area (Å²) in [7, 11) is -1.11. The molecular formula is C31H28N2O8S2. The van der Waals surface area contributed by atoms with Crippen LogP contribution in [0.25, 0.3) is 6.08 Å². The first-order valence-corrected chi connectivity index (χ1v) is 15.4. The highest BCUT2D eigenvalue weighted by Gasteiger charge is 2.34. The van der Waals surface area contributed by atoms with E-state index >= 15 is 0 Å². The molecule has 222 valence electrons. The normalized spacial score (nSPS) is 15.0. The van der Waals surface area contributed by atoms with Crippen molar-refractivity contribution in [2.24, 2.45) is 4.99 Å². The first-order chi connectivity index (χ1) is 20.7. The van der Waals surface area contributed by atoms with Gasteiger partial charge in [-0.05, 0) is 55.8 Å². The maximum absolute atomic E-state index is 14.0. The molecule has 4 aromatic rings. The second-order valence-corrected chi connectivity index (χ2v) is 11.9. The van der Waals surface area contributed by atoms with Crippen LogP contribution in [0.4, 0.5) is 0 Å². The highest BCUT2D eigenvalue weighted by Crippen LogP contribution is 2.36. The van der Waals surface area contributed by atoms with Gasteiger partial charge in [-0.2, -0.15) is 8.42 Å². The van der Waals surface area contributed by atoms with Gasteiger partial charge in [0.2, 0.25) is 0 Å². The molecule has 0 radical (unpaired) electrons. The second-order valence-electron chi connectivity index (χ2n) is 9.31. The predicted octanol–water partition coefficient (Wildman–Crippen LogP) is 3.58. The van der Waals surface area contributed by atoms with Crippen molar-refractivity contribution in [1.29, 1.82) is 0 Å². The van der Waals surface area contributed by atoms with E-state index in [0.29, 0.717) is 33.1 Å². The minimum atomic E-state index is -4.13. The third kappa shape index (κ3) is 5.84. The van der Waals surface area contributed by atoms with Gasteiger partial charge >= 0.3 is 16.1 Å². The molecule has 5 rings (SSSR count). The van der Waals surface area contributed by atoms with Crippen molar-refractivity contribution in [3.63, 3.8) is 0 Å². The smallest absolute Gasteiger partial charge is 0.339 e. The topological polar surface area (TPSA) is 122 Å². The monoisotopic (exact) mass is 620 g/mol. The van der Waals surface area contributed by atoms with E-state index < -0.39 is 27.7 Å². The standard InChI is InChI=1S/C31H28N2O8S2/c1-5-40-30(35)27-19(2)32-31-33(28(27)21-15-16-24(38-3)25(17-21)39-4)29(34)26(42-31)18-20-11-9-10-14-23(20)41-43(36,37)22-12-7-6-8-13-22/h6-18,28H,5H2,1-4H3. The molecule has 0 spiro atoms. The van der Waals surface area contributed by atoms with E-state index in [1.54, 1.807) is 74.5 Å². The molecule has 0 N–H and O–H groups in total. The minimum absolute atomic E-state index is 0.000987. The van der Waals surface area contributed by atoms with Crippen molar-refractivity contribution in [3.05, 3.63) is 115 Å². The number of hydrogen-bond donors (Lipinski definition) is 0. The number of carbonyl (C=O) groups excluding carboxylic acids is 1. The Labute approximate surface area is 251 Å². The summed E-state index contributed by atoms with van der Waals surface area (Å²) in [5, 5.41) is 0. The van der Waals surface area contributed by atoms with Gasteiger partial charge in [0.05, 0.1) is 42.7 Å². The van der Waals surface area contributed by atoms with Crippen LogP contribution in [0.5, 0.6) is 17.2 Å². The number of carbonyl (C=O) groups is 1. The van der Waals surface area contributed by atoms with Gasteiger partial charge in [0, 0.05) is 5.56 Å². The largest absolute Gasteiger partial charge is 0.493 e. The van der Waals surface area contributed by atoms with Crippen LogP contribution in [0, 0.1) is 0 Å². The average molecular weight is 621 g/mol. The van der Waals surface area contributed by atoms with Crippen LogP contribution >= 0.6 is 11.3 Å². The van der Waals surface area contributed by atoms with E-state index in [0.717, 1.165) is 11.3 Å². The zero-order valence-electron chi connectivity index (χ0n) is 23.8. The summed E-state index contributed by atoms with van der Waals surface area (Å²) < 4.78 is 49.3. The van der Waals surface area contributed by atoms with E-state index in [4.69, 9.17) is 18.4 Å². The van der Waals surface area contributed by atoms with E-state index in [1.165, 1.54) is 37.0 Å². The van der Waals surface area contributed by atoms with E-state index in [9.17, 15) is 18.0 Å². The van der Waals surface area contributed by atoms with Crippen molar-refractivity contribution in [2.45, 2.75) is 24.8 Å². The Morgan fingerprint density at radius 1 is 0.977 bits per heavy atom. The van der Waals surface area contributed by atoms with Gasteiger partial charge < -0.3 is 18.4 Å². The highest BCUT2D eigenvalue weighted by molar-refractivity contribution is 7.87. The Hall–Kier alpha value is -4.68. The van der Waals surface area contributed by atoms with Crippen molar-refractivity contribution in [1.82, 2.24) is 4.57 Å². The molecule has 10 nitrogen and oxygen atoms in total.